The van der Waals surface area contributed by atoms with E-state index in [1.54, 1.807) is 0 Å². The summed E-state index contributed by atoms with van der Waals surface area (Å²) < 4.78 is 0. The third kappa shape index (κ3) is 4.06. The van der Waals surface area contributed by atoms with Crippen molar-refractivity contribution >= 4 is 29.1 Å². The first kappa shape index (κ1) is 16.2. The number of carbonyl (C=O) groups excluding carboxylic acids is 1. The van der Waals surface area contributed by atoms with Crippen LogP contribution in [0, 0.1) is 5.41 Å². The number of halogens is 2. The molecule has 106 valence electrons. The summed E-state index contributed by atoms with van der Waals surface area (Å²) in [5, 5.41) is 12.7. The van der Waals surface area contributed by atoms with Crippen LogP contribution in [0.4, 0.5) is 0 Å². The number of amides is 1. The van der Waals surface area contributed by atoms with E-state index in [2.05, 4.69) is 10.3 Å². The predicted octanol–water partition coefficient (Wildman–Crippen LogP) is 2.92. The Balaban J connectivity index is 2.77. The largest absolute Gasteiger partial charge is 0.396 e. The first-order valence-electron chi connectivity index (χ1n) is 6.18. The van der Waals surface area contributed by atoms with Crippen molar-refractivity contribution in [2.45, 2.75) is 26.7 Å². The first-order chi connectivity index (χ1) is 8.98. The summed E-state index contributed by atoms with van der Waals surface area (Å²) in [4.78, 5) is 15.8. The van der Waals surface area contributed by atoms with E-state index in [4.69, 9.17) is 23.2 Å². The second-order valence-corrected chi connectivity index (χ2v) is 5.33. The molecule has 4 nitrogen and oxygen atoms in total. The molecular weight excluding hydrogens is 287 g/mol. The topological polar surface area (TPSA) is 62.2 Å². The van der Waals surface area contributed by atoms with Gasteiger partial charge < -0.3 is 10.4 Å². The molecule has 0 saturated heterocycles. The first-order valence-corrected chi connectivity index (χ1v) is 6.93. The summed E-state index contributed by atoms with van der Waals surface area (Å²) in [5.74, 6) is -0.311. The second-order valence-electron chi connectivity index (χ2n) is 4.53. The van der Waals surface area contributed by atoms with Crippen LogP contribution < -0.4 is 5.32 Å². The molecule has 1 rings (SSSR count). The summed E-state index contributed by atoms with van der Waals surface area (Å²) >= 11 is 11.7. The average molecular weight is 305 g/mol. The predicted molar refractivity (Wildman–Crippen MR) is 76.7 cm³/mol. The quantitative estimate of drug-likeness (QED) is 0.794. The number of rotatable bonds is 6. The highest BCUT2D eigenvalue weighted by molar-refractivity contribution is 6.35. The number of nitrogens with one attached hydrogen (secondary N) is 1. The van der Waals surface area contributed by atoms with Crippen LogP contribution in [0.1, 0.15) is 37.0 Å². The Morgan fingerprint density at radius 1 is 1.42 bits per heavy atom. The van der Waals surface area contributed by atoms with E-state index in [-0.39, 0.29) is 28.1 Å². The number of aromatic nitrogens is 1. The third-order valence-electron chi connectivity index (χ3n) is 3.53. The summed E-state index contributed by atoms with van der Waals surface area (Å²) in [6.07, 6.45) is 2.91. The molecule has 0 aliphatic heterocycles. The van der Waals surface area contributed by atoms with Gasteiger partial charge in [0.1, 0.15) is 5.15 Å². The molecule has 0 radical (unpaired) electrons. The number of pyridine rings is 1. The van der Waals surface area contributed by atoms with E-state index in [1.807, 2.05) is 13.8 Å². The van der Waals surface area contributed by atoms with Gasteiger partial charge in [0.2, 0.25) is 0 Å². The summed E-state index contributed by atoms with van der Waals surface area (Å²) in [6.45, 7) is 4.40. The zero-order valence-corrected chi connectivity index (χ0v) is 12.6. The van der Waals surface area contributed by atoms with Crippen LogP contribution in [-0.4, -0.2) is 29.1 Å². The molecule has 0 saturated carbocycles. The van der Waals surface area contributed by atoms with Crippen molar-refractivity contribution in [1.29, 1.82) is 0 Å². The lowest BCUT2D eigenvalue weighted by molar-refractivity contribution is 0.0851. The monoisotopic (exact) mass is 304 g/mol. The maximum absolute atomic E-state index is 12.0. The molecule has 1 aromatic heterocycles. The molecule has 2 N–H and O–H groups in total. The van der Waals surface area contributed by atoms with Crippen LogP contribution in [0.2, 0.25) is 10.2 Å². The number of aliphatic hydroxyl groups is 1. The second kappa shape index (κ2) is 7.08. The number of nitrogens with zero attached hydrogens (tertiary/aromatic N) is 1. The van der Waals surface area contributed by atoms with Gasteiger partial charge in [0.05, 0.1) is 17.2 Å². The number of hydrogen-bond donors (Lipinski definition) is 2. The lowest BCUT2D eigenvalue weighted by atomic mass is 9.83. The van der Waals surface area contributed by atoms with Crippen LogP contribution in [0.15, 0.2) is 12.3 Å². The van der Waals surface area contributed by atoms with Crippen molar-refractivity contribution in [3.05, 3.63) is 28.0 Å². The van der Waals surface area contributed by atoms with Gasteiger partial charge in [-0.3, -0.25) is 4.79 Å². The van der Waals surface area contributed by atoms with Gasteiger partial charge >= 0.3 is 0 Å². The maximum Gasteiger partial charge on any atom is 0.252 e. The van der Waals surface area contributed by atoms with Gasteiger partial charge in [-0.2, -0.15) is 0 Å². The Morgan fingerprint density at radius 2 is 2.05 bits per heavy atom. The lowest BCUT2D eigenvalue weighted by Crippen LogP contribution is -2.39. The average Bonchev–Trinajstić information content (AvgIpc) is 2.43. The normalized spacial score (nSPS) is 11.4. The van der Waals surface area contributed by atoms with E-state index >= 15 is 0 Å². The van der Waals surface area contributed by atoms with Gasteiger partial charge in [-0.25, -0.2) is 4.98 Å². The van der Waals surface area contributed by atoms with E-state index in [0.717, 1.165) is 12.8 Å². The lowest BCUT2D eigenvalue weighted by Gasteiger charge is -2.29. The minimum absolute atomic E-state index is 0.0329. The van der Waals surface area contributed by atoms with E-state index in [1.165, 1.54) is 12.3 Å². The summed E-state index contributed by atoms with van der Waals surface area (Å²) in [7, 11) is 0. The number of hydrogen-bond acceptors (Lipinski definition) is 3. The molecule has 0 aliphatic carbocycles. The molecule has 0 atom stereocenters. The van der Waals surface area contributed by atoms with E-state index < -0.39 is 0 Å². The van der Waals surface area contributed by atoms with Gasteiger partial charge in [-0.05, 0) is 18.9 Å². The molecule has 0 bridgehead atoms. The smallest absolute Gasteiger partial charge is 0.252 e. The fourth-order valence-electron chi connectivity index (χ4n) is 1.73. The SMILES string of the molecule is CCC(CC)(CO)CNC(=O)c1cc(Cl)ncc1Cl. The standard InChI is InChI=1S/C13H18Cl2N2O2/c1-3-13(4-2,8-18)7-17-12(19)9-5-11(15)16-6-10(9)14/h5-6,18H,3-4,7-8H2,1-2H3,(H,17,19). The Labute approximate surface area is 123 Å². The number of carbonyl (C=O) groups is 1. The van der Waals surface area contributed by atoms with Crippen molar-refractivity contribution in [2.24, 2.45) is 5.41 Å². The maximum atomic E-state index is 12.0. The fourth-order valence-corrected chi connectivity index (χ4v) is 2.08. The number of aliphatic hydroxyl groups excluding tert-OH is 1. The Morgan fingerprint density at radius 3 is 2.58 bits per heavy atom. The minimum atomic E-state index is -0.311. The molecule has 0 aromatic carbocycles. The minimum Gasteiger partial charge on any atom is -0.396 e. The molecule has 6 heteroatoms. The third-order valence-corrected chi connectivity index (χ3v) is 4.03. The molecule has 1 aromatic rings. The zero-order chi connectivity index (χ0) is 14.5. The molecule has 0 fully saturated rings. The highest BCUT2D eigenvalue weighted by atomic mass is 35.5. The Kier molecular flexibility index (Phi) is 6.04. The summed E-state index contributed by atoms with van der Waals surface area (Å²) in [6, 6.07) is 1.43. The summed E-state index contributed by atoms with van der Waals surface area (Å²) in [5.41, 5.74) is -0.000371. The van der Waals surface area contributed by atoms with Crippen molar-refractivity contribution in [1.82, 2.24) is 10.3 Å². The highest BCUT2D eigenvalue weighted by Crippen LogP contribution is 2.25. The van der Waals surface area contributed by atoms with Gasteiger partial charge in [0.25, 0.3) is 5.91 Å². The van der Waals surface area contributed by atoms with Crippen molar-refractivity contribution in [3.8, 4) is 0 Å². The molecule has 0 unspecified atom stereocenters. The molecule has 0 aliphatic rings. The van der Waals surface area contributed by atoms with Gasteiger partial charge in [0.15, 0.2) is 0 Å². The van der Waals surface area contributed by atoms with Crippen molar-refractivity contribution in [2.75, 3.05) is 13.2 Å². The van der Waals surface area contributed by atoms with Crippen LogP contribution in [-0.2, 0) is 0 Å². The molecule has 19 heavy (non-hydrogen) atoms. The molecule has 0 spiro atoms. The van der Waals surface area contributed by atoms with Crippen molar-refractivity contribution in [3.63, 3.8) is 0 Å². The van der Waals surface area contributed by atoms with Crippen LogP contribution in [0.25, 0.3) is 0 Å². The van der Waals surface area contributed by atoms with Gasteiger partial charge in [0, 0.05) is 18.2 Å². The van der Waals surface area contributed by atoms with Crippen LogP contribution >= 0.6 is 23.2 Å². The Hall–Kier alpha value is -0.840. The van der Waals surface area contributed by atoms with Crippen LogP contribution in [0.3, 0.4) is 0 Å². The van der Waals surface area contributed by atoms with Crippen molar-refractivity contribution < 1.29 is 9.90 Å². The molecule has 1 heterocycles. The van der Waals surface area contributed by atoms with Gasteiger partial charge in [-0.1, -0.05) is 37.0 Å². The van der Waals surface area contributed by atoms with Gasteiger partial charge in [-0.15, -0.1) is 0 Å². The van der Waals surface area contributed by atoms with E-state index in [9.17, 15) is 9.90 Å². The molecule has 1 amide bonds. The highest BCUT2D eigenvalue weighted by Gasteiger charge is 2.26. The zero-order valence-electron chi connectivity index (χ0n) is 11.0. The Bertz CT molecular complexity index is 440. The van der Waals surface area contributed by atoms with Crippen LogP contribution in [0.5, 0.6) is 0 Å². The van der Waals surface area contributed by atoms with E-state index in [0.29, 0.717) is 12.1 Å². The fraction of sp³-hybridized carbons (Fsp3) is 0.538. The molecular formula is C13H18Cl2N2O2.